The Bertz CT molecular complexity index is 1370. The normalized spacial score (nSPS) is 14.8. The van der Waals surface area contributed by atoms with Crippen molar-refractivity contribution in [3.05, 3.63) is 93.0 Å². The van der Waals surface area contributed by atoms with E-state index in [-0.39, 0.29) is 5.57 Å². The third-order valence-corrected chi connectivity index (χ3v) is 5.98. The van der Waals surface area contributed by atoms with E-state index in [9.17, 15) is 14.4 Å². The van der Waals surface area contributed by atoms with E-state index in [0.717, 1.165) is 21.6 Å². The number of rotatable bonds is 6. The Morgan fingerprint density at radius 2 is 1.69 bits per heavy atom. The zero-order chi connectivity index (χ0) is 25.1. The molecule has 0 radical (unpaired) electrons. The summed E-state index contributed by atoms with van der Waals surface area (Å²) in [6.07, 6.45) is 1.42. The van der Waals surface area contributed by atoms with Gasteiger partial charge in [-0.05, 0) is 76.8 Å². The molecule has 3 aromatic rings. The first-order valence-corrected chi connectivity index (χ1v) is 11.6. The van der Waals surface area contributed by atoms with Gasteiger partial charge in [-0.2, -0.15) is 0 Å². The van der Waals surface area contributed by atoms with Gasteiger partial charge in [-0.1, -0.05) is 42.0 Å². The average molecular weight is 535 g/mol. The second-order valence-electron chi connectivity index (χ2n) is 8.11. The Labute approximate surface area is 211 Å². The molecule has 1 aliphatic rings. The monoisotopic (exact) mass is 534 g/mol. The highest BCUT2D eigenvalue weighted by Crippen LogP contribution is 2.38. The van der Waals surface area contributed by atoms with Gasteiger partial charge in [0.1, 0.15) is 12.2 Å². The first kappa shape index (κ1) is 24.2. The van der Waals surface area contributed by atoms with E-state index in [0.29, 0.717) is 33.8 Å². The first-order chi connectivity index (χ1) is 16.8. The van der Waals surface area contributed by atoms with Crippen molar-refractivity contribution >= 4 is 45.5 Å². The van der Waals surface area contributed by atoms with Crippen LogP contribution < -0.4 is 19.7 Å². The SMILES string of the molecule is COc1cc(/C=C2\C(=O)NC(=O)N(c3cccc(C)c3)C2=O)cc(Br)c1OCc1cccc(C)c1. The predicted octanol–water partition coefficient (Wildman–Crippen LogP) is 5.32. The molecule has 1 fully saturated rings. The molecular formula is C27H23BrN2O5. The molecule has 0 spiro atoms. The number of nitrogens with one attached hydrogen (secondary N) is 1. The van der Waals surface area contributed by atoms with Crippen molar-refractivity contribution in [1.82, 2.24) is 5.32 Å². The molecule has 4 amide bonds. The molecule has 0 saturated carbocycles. The summed E-state index contributed by atoms with van der Waals surface area (Å²) in [5, 5.41) is 2.24. The summed E-state index contributed by atoms with van der Waals surface area (Å²) < 4.78 is 12.1. The topological polar surface area (TPSA) is 84.9 Å². The summed E-state index contributed by atoms with van der Waals surface area (Å²) in [5.41, 5.74) is 3.75. The predicted molar refractivity (Wildman–Crippen MR) is 136 cm³/mol. The van der Waals surface area contributed by atoms with Gasteiger partial charge in [0.05, 0.1) is 17.3 Å². The fraction of sp³-hybridized carbons (Fsp3) is 0.148. The zero-order valence-corrected chi connectivity index (χ0v) is 21.0. The number of hydrogen-bond acceptors (Lipinski definition) is 5. The molecule has 0 atom stereocenters. The maximum Gasteiger partial charge on any atom is 0.335 e. The summed E-state index contributed by atoms with van der Waals surface area (Å²) in [6.45, 7) is 4.20. The summed E-state index contributed by atoms with van der Waals surface area (Å²) in [7, 11) is 1.51. The second kappa shape index (κ2) is 10.1. The molecule has 0 unspecified atom stereocenters. The van der Waals surface area contributed by atoms with E-state index in [1.165, 1.54) is 13.2 Å². The minimum atomic E-state index is -0.790. The summed E-state index contributed by atoms with van der Waals surface area (Å²) >= 11 is 3.50. The van der Waals surface area contributed by atoms with Crippen LogP contribution in [0.3, 0.4) is 0 Å². The Morgan fingerprint density at radius 3 is 2.37 bits per heavy atom. The number of aryl methyl sites for hydroxylation is 2. The molecule has 7 nitrogen and oxygen atoms in total. The maximum atomic E-state index is 13.2. The standard InChI is InChI=1S/C27H23BrN2O5/c1-16-6-4-8-18(10-16)15-35-24-22(28)13-19(14-23(24)34-3)12-21-25(31)29-27(33)30(26(21)32)20-9-5-7-17(2)11-20/h4-14H,15H2,1-3H3,(H,29,31,33)/b21-12+. The number of barbiturate groups is 1. The van der Waals surface area contributed by atoms with Crippen LogP contribution in [0.2, 0.25) is 0 Å². The highest BCUT2D eigenvalue weighted by Gasteiger charge is 2.36. The summed E-state index contributed by atoms with van der Waals surface area (Å²) in [5.74, 6) is -0.556. The average Bonchev–Trinajstić information content (AvgIpc) is 2.80. The molecule has 1 heterocycles. The number of anilines is 1. The Balaban J connectivity index is 1.64. The summed E-state index contributed by atoms with van der Waals surface area (Å²) in [6, 6.07) is 17.5. The Hall–Kier alpha value is -3.91. The van der Waals surface area contributed by atoms with Crippen molar-refractivity contribution < 1.29 is 23.9 Å². The fourth-order valence-electron chi connectivity index (χ4n) is 3.75. The van der Waals surface area contributed by atoms with Gasteiger partial charge < -0.3 is 9.47 Å². The van der Waals surface area contributed by atoms with Crippen molar-refractivity contribution in [2.24, 2.45) is 0 Å². The molecule has 1 N–H and O–H groups in total. The van der Waals surface area contributed by atoms with E-state index in [4.69, 9.17) is 9.47 Å². The number of hydrogen-bond donors (Lipinski definition) is 1. The van der Waals surface area contributed by atoms with Crippen molar-refractivity contribution in [1.29, 1.82) is 0 Å². The molecule has 35 heavy (non-hydrogen) atoms. The zero-order valence-electron chi connectivity index (χ0n) is 19.4. The van der Waals surface area contributed by atoms with Crippen LogP contribution in [0, 0.1) is 13.8 Å². The van der Waals surface area contributed by atoms with Crippen LogP contribution in [-0.4, -0.2) is 25.0 Å². The fourth-order valence-corrected chi connectivity index (χ4v) is 4.32. The van der Waals surface area contributed by atoms with Crippen LogP contribution in [0.1, 0.15) is 22.3 Å². The quantitative estimate of drug-likeness (QED) is 0.341. The summed E-state index contributed by atoms with van der Waals surface area (Å²) in [4.78, 5) is 39.1. The third kappa shape index (κ3) is 5.27. The van der Waals surface area contributed by atoms with E-state index in [2.05, 4.69) is 21.2 Å². The number of urea groups is 1. The van der Waals surface area contributed by atoms with Crippen molar-refractivity contribution in [2.45, 2.75) is 20.5 Å². The minimum absolute atomic E-state index is 0.173. The number of halogens is 1. The lowest BCUT2D eigenvalue weighted by Crippen LogP contribution is -2.54. The van der Waals surface area contributed by atoms with Crippen molar-refractivity contribution in [3.63, 3.8) is 0 Å². The number of benzene rings is 3. The lowest BCUT2D eigenvalue weighted by atomic mass is 10.1. The molecule has 178 valence electrons. The number of methoxy groups -OCH3 is 1. The van der Waals surface area contributed by atoms with E-state index in [1.807, 2.05) is 44.2 Å². The molecule has 1 aliphatic heterocycles. The number of ether oxygens (including phenoxy) is 2. The van der Waals surface area contributed by atoms with Crippen LogP contribution in [0.5, 0.6) is 11.5 Å². The van der Waals surface area contributed by atoms with Gasteiger partial charge in [-0.3, -0.25) is 14.9 Å². The number of carbonyl (C=O) groups excluding carboxylic acids is 3. The molecule has 8 heteroatoms. The van der Waals surface area contributed by atoms with Gasteiger partial charge >= 0.3 is 6.03 Å². The largest absolute Gasteiger partial charge is 0.493 e. The smallest absolute Gasteiger partial charge is 0.335 e. The molecule has 3 aromatic carbocycles. The second-order valence-corrected chi connectivity index (χ2v) is 8.96. The molecular weight excluding hydrogens is 512 g/mol. The maximum absolute atomic E-state index is 13.2. The van der Waals surface area contributed by atoms with E-state index in [1.54, 1.807) is 30.3 Å². The van der Waals surface area contributed by atoms with Gasteiger partial charge in [0, 0.05) is 0 Å². The van der Waals surface area contributed by atoms with Crippen LogP contribution >= 0.6 is 15.9 Å². The van der Waals surface area contributed by atoms with Gasteiger partial charge in [0.15, 0.2) is 11.5 Å². The molecule has 4 rings (SSSR count). The molecule has 0 bridgehead atoms. The number of carbonyl (C=O) groups is 3. The van der Waals surface area contributed by atoms with Gasteiger partial charge in [0.25, 0.3) is 11.8 Å². The minimum Gasteiger partial charge on any atom is -0.493 e. The van der Waals surface area contributed by atoms with Crippen molar-refractivity contribution in [3.8, 4) is 11.5 Å². The van der Waals surface area contributed by atoms with E-state index < -0.39 is 17.8 Å². The van der Waals surface area contributed by atoms with Crippen LogP contribution in [0.15, 0.2) is 70.7 Å². The third-order valence-electron chi connectivity index (χ3n) is 5.39. The van der Waals surface area contributed by atoms with E-state index >= 15 is 0 Å². The van der Waals surface area contributed by atoms with Crippen LogP contribution in [0.25, 0.3) is 6.08 Å². The van der Waals surface area contributed by atoms with Gasteiger partial charge in [0.2, 0.25) is 0 Å². The van der Waals surface area contributed by atoms with Crippen LogP contribution in [0.4, 0.5) is 10.5 Å². The number of imide groups is 2. The number of amides is 4. The number of nitrogens with zero attached hydrogens (tertiary/aromatic N) is 1. The molecule has 1 saturated heterocycles. The van der Waals surface area contributed by atoms with Gasteiger partial charge in [-0.25, -0.2) is 9.69 Å². The highest BCUT2D eigenvalue weighted by atomic mass is 79.9. The molecule has 0 aromatic heterocycles. The van der Waals surface area contributed by atoms with Crippen LogP contribution in [-0.2, 0) is 16.2 Å². The Morgan fingerprint density at radius 1 is 0.971 bits per heavy atom. The lowest BCUT2D eigenvalue weighted by Gasteiger charge is -2.26. The highest BCUT2D eigenvalue weighted by molar-refractivity contribution is 9.10. The first-order valence-electron chi connectivity index (χ1n) is 10.8. The molecule has 0 aliphatic carbocycles. The van der Waals surface area contributed by atoms with Crippen molar-refractivity contribution in [2.75, 3.05) is 12.0 Å². The Kier molecular flexibility index (Phi) is 7.02. The lowest BCUT2D eigenvalue weighted by molar-refractivity contribution is -0.122. The van der Waals surface area contributed by atoms with Gasteiger partial charge in [-0.15, -0.1) is 0 Å².